The lowest BCUT2D eigenvalue weighted by atomic mass is 10.1. The highest BCUT2D eigenvalue weighted by Crippen LogP contribution is 2.32. The summed E-state index contributed by atoms with van der Waals surface area (Å²) in [5.41, 5.74) is 7.34. The van der Waals surface area contributed by atoms with Crippen LogP contribution in [0.5, 0.6) is 5.75 Å². The standard InChI is InChI=1S/C18H17N3O2S2/c1-23-14-9-4-3-8-13(14)15(22)16-17(19)21-18(25-16)20-11-6-5-7-12(10-11)24-2/h3-10H,19H2,1-2H3,(H,20,21). The van der Waals surface area contributed by atoms with Crippen LogP contribution < -0.4 is 15.8 Å². The van der Waals surface area contributed by atoms with E-state index in [1.165, 1.54) is 18.4 Å². The van der Waals surface area contributed by atoms with Crippen molar-refractivity contribution < 1.29 is 9.53 Å². The molecule has 3 aromatic rings. The number of nitrogens with zero attached hydrogens (tertiary/aromatic N) is 1. The molecule has 0 aliphatic rings. The number of hydrogen-bond acceptors (Lipinski definition) is 7. The zero-order valence-electron chi connectivity index (χ0n) is 13.8. The number of carbonyl (C=O) groups is 1. The van der Waals surface area contributed by atoms with Crippen LogP contribution in [0.1, 0.15) is 15.2 Å². The Morgan fingerprint density at radius 2 is 2.04 bits per heavy atom. The molecule has 0 fully saturated rings. The molecule has 1 aromatic heterocycles. The fraction of sp³-hybridized carbons (Fsp3) is 0.111. The molecule has 0 radical (unpaired) electrons. The van der Waals surface area contributed by atoms with Crippen LogP contribution in [-0.2, 0) is 0 Å². The third-order valence-electron chi connectivity index (χ3n) is 3.53. The zero-order valence-corrected chi connectivity index (χ0v) is 15.4. The van der Waals surface area contributed by atoms with E-state index in [4.69, 9.17) is 10.5 Å². The Labute approximate surface area is 154 Å². The first-order valence-corrected chi connectivity index (χ1v) is 9.51. The minimum Gasteiger partial charge on any atom is -0.496 e. The van der Waals surface area contributed by atoms with Crippen LogP contribution >= 0.6 is 23.1 Å². The number of thioether (sulfide) groups is 1. The lowest BCUT2D eigenvalue weighted by Gasteiger charge is -2.06. The number of nitrogen functional groups attached to an aromatic ring is 1. The number of ether oxygens (including phenoxy) is 1. The molecule has 7 heteroatoms. The summed E-state index contributed by atoms with van der Waals surface area (Å²) in [7, 11) is 1.54. The van der Waals surface area contributed by atoms with E-state index in [-0.39, 0.29) is 11.6 Å². The fourth-order valence-corrected chi connectivity index (χ4v) is 3.65. The molecule has 0 spiro atoms. The number of carbonyl (C=O) groups excluding carboxylic acids is 1. The highest BCUT2D eigenvalue weighted by atomic mass is 32.2. The average Bonchev–Trinajstić information content (AvgIpc) is 3.01. The number of para-hydroxylation sites is 1. The second-order valence-electron chi connectivity index (χ2n) is 5.12. The second kappa shape index (κ2) is 7.58. The normalized spacial score (nSPS) is 10.5. The van der Waals surface area contributed by atoms with Gasteiger partial charge in [0.15, 0.2) is 5.13 Å². The molecule has 0 amide bonds. The topological polar surface area (TPSA) is 77.2 Å². The van der Waals surface area contributed by atoms with Gasteiger partial charge >= 0.3 is 0 Å². The molecular formula is C18H17N3O2S2. The summed E-state index contributed by atoms with van der Waals surface area (Å²) in [6, 6.07) is 15.0. The number of thiazole rings is 1. The zero-order chi connectivity index (χ0) is 17.8. The molecule has 25 heavy (non-hydrogen) atoms. The van der Waals surface area contributed by atoms with Crippen LogP contribution in [0.25, 0.3) is 0 Å². The molecule has 0 unspecified atom stereocenters. The lowest BCUT2D eigenvalue weighted by molar-refractivity contribution is 0.104. The van der Waals surface area contributed by atoms with Crippen LogP contribution in [-0.4, -0.2) is 24.1 Å². The molecule has 0 aliphatic heterocycles. The first-order valence-electron chi connectivity index (χ1n) is 7.47. The van der Waals surface area contributed by atoms with Crippen molar-refractivity contribution in [1.82, 2.24) is 4.98 Å². The molecule has 0 aliphatic carbocycles. The van der Waals surface area contributed by atoms with E-state index in [0.717, 1.165) is 10.6 Å². The Kier molecular flexibility index (Phi) is 5.25. The van der Waals surface area contributed by atoms with Gasteiger partial charge in [-0.05, 0) is 36.6 Å². The molecule has 128 valence electrons. The monoisotopic (exact) mass is 371 g/mol. The molecule has 5 nitrogen and oxygen atoms in total. The maximum Gasteiger partial charge on any atom is 0.210 e. The van der Waals surface area contributed by atoms with Gasteiger partial charge in [0.2, 0.25) is 5.78 Å². The molecule has 0 atom stereocenters. The number of nitrogens with two attached hydrogens (primary N) is 1. The molecule has 3 rings (SSSR count). The van der Waals surface area contributed by atoms with Gasteiger partial charge in [0.25, 0.3) is 0 Å². The first kappa shape index (κ1) is 17.3. The third kappa shape index (κ3) is 3.78. The van der Waals surface area contributed by atoms with Crippen LogP contribution in [0.15, 0.2) is 53.4 Å². The van der Waals surface area contributed by atoms with Gasteiger partial charge in [-0.1, -0.05) is 29.5 Å². The van der Waals surface area contributed by atoms with Crippen LogP contribution in [0.2, 0.25) is 0 Å². The number of benzene rings is 2. The Hall–Kier alpha value is -2.51. The predicted molar refractivity (Wildman–Crippen MR) is 104 cm³/mol. The molecule has 1 heterocycles. The van der Waals surface area contributed by atoms with Gasteiger partial charge in [0.05, 0.1) is 12.7 Å². The van der Waals surface area contributed by atoms with E-state index < -0.39 is 0 Å². The van der Waals surface area contributed by atoms with Crippen molar-refractivity contribution in [3.05, 3.63) is 59.0 Å². The maximum absolute atomic E-state index is 12.8. The summed E-state index contributed by atoms with van der Waals surface area (Å²) in [6.45, 7) is 0. The number of hydrogen-bond donors (Lipinski definition) is 2. The predicted octanol–water partition coefficient (Wildman–Crippen LogP) is 4.43. The van der Waals surface area contributed by atoms with Gasteiger partial charge in [-0.15, -0.1) is 11.8 Å². The van der Waals surface area contributed by atoms with E-state index in [2.05, 4.69) is 10.3 Å². The summed E-state index contributed by atoms with van der Waals surface area (Å²) in [5.74, 6) is 0.533. The Bertz CT molecular complexity index is 909. The van der Waals surface area contributed by atoms with Gasteiger partial charge in [-0.25, -0.2) is 4.98 Å². The second-order valence-corrected chi connectivity index (χ2v) is 7.00. The Morgan fingerprint density at radius 3 is 2.80 bits per heavy atom. The van der Waals surface area contributed by atoms with Crippen molar-refractivity contribution >= 4 is 45.5 Å². The third-order valence-corrected chi connectivity index (χ3v) is 5.24. The van der Waals surface area contributed by atoms with Crippen LogP contribution in [0.4, 0.5) is 16.6 Å². The summed E-state index contributed by atoms with van der Waals surface area (Å²) >= 11 is 2.89. The minimum absolute atomic E-state index is 0.196. The number of methoxy groups -OCH3 is 1. The number of anilines is 3. The number of ketones is 1. The SMILES string of the molecule is COc1ccccc1C(=O)c1sc(Nc2cccc(SC)c2)nc1N. The smallest absolute Gasteiger partial charge is 0.210 e. The minimum atomic E-state index is -0.196. The van der Waals surface area contributed by atoms with Crippen molar-refractivity contribution in [2.24, 2.45) is 0 Å². The summed E-state index contributed by atoms with van der Waals surface area (Å²) < 4.78 is 5.26. The van der Waals surface area contributed by atoms with E-state index in [0.29, 0.717) is 21.3 Å². The highest BCUT2D eigenvalue weighted by molar-refractivity contribution is 7.98. The van der Waals surface area contributed by atoms with E-state index in [1.807, 2.05) is 36.6 Å². The van der Waals surface area contributed by atoms with Crippen molar-refractivity contribution in [3.8, 4) is 5.75 Å². The van der Waals surface area contributed by atoms with E-state index in [1.54, 1.807) is 30.0 Å². The maximum atomic E-state index is 12.8. The largest absolute Gasteiger partial charge is 0.496 e. The summed E-state index contributed by atoms with van der Waals surface area (Å²) in [6.07, 6.45) is 2.02. The number of nitrogens with one attached hydrogen (secondary N) is 1. The molecule has 2 aromatic carbocycles. The molecule has 3 N–H and O–H groups in total. The number of aromatic nitrogens is 1. The van der Waals surface area contributed by atoms with E-state index >= 15 is 0 Å². The van der Waals surface area contributed by atoms with Gasteiger partial charge in [-0.2, -0.15) is 0 Å². The number of rotatable bonds is 6. The van der Waals surface area contributed by atoms with Crippen LogP contribution in [0.3, 0.4) is 0 Å². The highest BCUT2D eigenvalue weighted by Gasteiger charge is 2.21. The fourth-order valence-electron chi connectivity index (χ4n) is 2.33. The quantitative estimate of drug-likeness (QED) is 0.493. The van der Waals surface area contributed by atoms with E-state index in [9.17, 15) is 4.79 Å². The first-order chi connectivity index (χ1) is 12.1. The van der Waals surface area contributed by atoms with Gasteiger partial charge in [-0.3, -0.25) is 4.79 Å². The van der Waals surface area contributed by atoms with Crippen molar-refractivity contribution in [2.75, 3.05) is 24.4 Å². The molecular weight excluding hydrogens is 354 g/mol. The van der Waals surface area contributed by atoms with Crippen LogP contribution in [0, 0.1) is 0 Å². The molecule has 0 saturated carbocycles. The van der Waals surface area contributed by atoms with Crippen molar-refractivity contribution in [3.63, 3.8) is 0 Å². The van der Waals surface area contributed by atoms with Gasteiger partial charge < -0.3 is 15.8 Å². The lowest BCUT2D eigenvalue weighted by Crippen LogP contribution is -2.04. The molecule has 0 saturated heterocycles. The summed E-state index contributed by atoms with van der Waals surface area (Å²) in [5, 5.41) is 3.78. The van der Waals surface area contributed by atoms with Gasteiger partial charge in [0, 0.05) is 10.6 Å². The molecule has 0 bridgehead atoms. The van der Waals surface area contributed by atoms with Crippen molar-refractivity contribution in [1.29, 1.82) is 0 Å². The summed E-state index contributed by atoms with van der Waals surface area (Å²) in [4.78, 5) is 18.6. The Morgan fingerprint density at radius 1 is 1.24 bits per heavy atom. The van der Waals surface area contributed by atoms with Gasteiger partial charge in [0.1, 0.15) is 16.4 Å². The van der Waals surface area contributed by atoms with Crippen molar-refractivity contribution in [2.45, 2.75) is 4.90 Å². The average molecular weight is 371 g/mol. The Balaban J connectivity index is 1.88.